The Kier molecular flexibility index (Phi) is 5.84. The lowest BCUT2D eigenvalue weighted by atomic mass is 9.91. The molecule has 1 aliphatic rings. The first-order valence-electron chi connectivity index (χ1n) is 8.79. The maximum absolute atomic E-state index is 12.8. The Balaban J connectivity index is 1.62. The molecule has 0 saturated carbocycles. The summed E-state index contributed by atoms with van der Waals surface area (Å²) >= 11 is 1.28. The van der Waals surface area contributed by atoms with Gasteiger partial charge < -0.3 is 9.84 Å². The van der Waals surface area contributed by atoms with E-state index >= 15 is 0 Å². The third kappa shape index (κ3) is 4.02. The normalized spacial score (nSPS) is 20.3. The summed E-state index contributed by atoms with van der Waals surface area (Å²) in [5.41, 5.74) is 0.782. The first kappa shape index (κ1) is 18.7. The van der Waals surface area contributed by atoms with Crippen LogP contribution < -0.4 is 4.57 Å². The Labute approximate surface area is 158 Å². The molecule has 26 heavy (non-hydrogen) atoms. The van der Waals surface area contributed by atoms with E-state index in [1.54, 1.807) is 0 Å². The van der Waals surface area contributed by atoms with Gasteiger partial charge in [-0.1, -0.05) is 48.2 Å². The molecule has 2 unspecified atom stereocenters. The smallest absolute Gasteiger partial charge is 0.317 e. The van der Waals surface area contributed by atoms with Gasteiger partial charge in [0.25, 0.3) is 5.82 Å². The van der Waals surface area contributed by atoms with E-state index < -0.39 is 10.9 Å². The van der Waals surface area contributed by atoms with E-state index in [1.165, 1.54) is 11.8 Å². The molecule has 0 fully saturated rings. The number of carbonyl (C=O) groups is 1. The second kappa shape index (κ2) is 8.10. The summed E-state index contributed by atoms with van der Waals surface area (Å²) in [5, 5.41) is 12.8. The molecular formula is C20H25N2O3S+. The second-order valence-corrected chi connectivity index (χ2v) is 7.77. The summed E-state index contributed by atoms with van der Waals surface area (Å²) < 4.78 is 9.73. The van der Waals surface area contributed by atoms with E-state index in [1.807, 2.05) is 61.3 Å². The number of aromatic nitrogens is 2. The van der Waals surface area contributed by atoms with E-state index in [2.05, 4.69) is 16.1 Å². The molecule has 2 atom stereocenters. The molecule has 1 aliphatic heterocycles. The zero-order chi connectivity index (χ0) is 18.6. The molecule has 3 rings (SSSR count). The molecule has 1 N–H and O–H groups in total. The zero-order valence-electron chi connectivity index (χ0n) is 15.2. The molecule has 0 bridgehead atoms. The predicted molar refractivity (Wildman–Crippen MR) is 101 cm³/mol. The molecule has 0 saturated heterocycles. The molecular weight excluding hydrogens is 348 g/mol. The van der Waals surface area contributed by atoms with Gasteiger partial charge in [-0.25, -0.2) is 9.13 Å². The Morgan fingerprint density at radius 1 is 1.42 bits per heavy atom. The number of aliphatic hydroxyl groups is 1. The Morgan fingerprint density at radius 3 is 2.81 bits per heavy atom. The van der Waals surface area contributed by atoms with Crippen LogP contribution in [0.2, 0.25) is 0 Å². The summed E-state index contributed by atoms with van der Waals surface area (Å²) in [7, 11) is 2.00. The van der Waals surface area contributed by atoms with Gasteiger partial charge in [-0.2, -0.15) is 0 Å². The average molecular weight is 373 g/mol. The summed E-state index contributed by atoms with van der Waals surface area (Å²) in [6, 6.07) is 9.38. The van der Waals surface area contributed by atoms with Crippen molar-refractivity contribution in [2.24, 2.45) is 7.05 Å². The number of imidazole rings is 1. The molecule has 2 heterocycles. The van der Waals surface area contributed by atoms with E-state index in [9.17, 15) is 9.90 Å². The van der Waals surface area contributed by atoms with Crippen LogP contribution in [0.5, 0.6) is 0 Å². The van der Waals surface area contributed by atoms with Crippen molar-refractivity contribution in [3.63, 3.8) is 0 Å². The molecule has 0 spiro atoms. The minimum absolute atomic E-state index is 0.331. The largest absolute Gasteiger partial charge is 0.465 e. The minimum Gasteiger partial charge on any atom is -0.465 e. The highest BCUT2D eigenvalue weighted by molar-refractivity contribution is 8.03. The maximum Gasteiger partial charge on any atom is 0.317 e. The van der Waals surface area contributed by atoms with Crippen LogP contribution in [-0.4, -0.2) is 27.2 Å². The van der Waals surface area contributed by atoms with Gasteiger partial charge >= 0.3 is 5.97 Å². The van der Waals surface area contributed by atoms with Crippen molar-refractivity contribution in [2.45, 2.75) is 37.2 Å². The molecule has 6 heteroatoms. The number of thioether (sulfide) groups is 1. The summed E-state index contributed by atoms with van der Waals surface area (Å²) in [6.45, 7) is 3.17. The molecule has 0 amide bonds. The van der Waals surface area contributed by atoms with E-state index in [0.717, 1.165) is 24.4 Å². The van der Waals surface area contributed by atoms with Crippen molar-refractivity contribution in [3.8, 4) is 0 Å². The van der Waals surface area contributed by atoms with E-state index in [-0.39, 0.29) is 5.97 Å². The number of hydrogen-bond donors (Lipinski definition) is 1. The fourth-order valence-corrected chi connectivity index (χ4v) is 4.16. The number of carbonyl (C=O) groups excluding carboxylic acids is 1. The molecule has 1 aromatic heterocycles. The summed E-state index contributed by atoms with van der Waals surface area (Å²) in [5.74, 6) is 0.0840. The molecule has 0 aliphatic carbocycles. The van der Waals surface area contributed by atoms with E-state index in [4.69, 9.17) is 4.74 Å². The molecule has 5 nitrogen and oxygen atoms in total. The third-order valence-electron chi connectivity index (χ3n) is 4.78. The van der Waals surface area contributed by atoms with Gasteiger partial charge in [0.2, 0.25) is 0 Å². The van der Waals surface area contributed by atoms with Gasteiger partial charge in [0, 0.05) is 19.8 Å². The number of esters is 1. The summed E-state index contributed by atoms with van der Waals surface area (Å²) in [4.78, 5) is 11.6. The number of aryl methyl sites for hydroxylation is 2. The van der Waals surface area contributed by atoms with Gasteiger partial charge in [-0.3, -0.25) is 4.79 Å². The van der Waals surface area contributed by atoms with Crippen LogP contribution in [0.15, 0.2) is 54.2 Å². The lowest BCUT2D eigenvalue weighted by molar-refractivity contribution is -0.677. The highest BCUT2D eigenvalue weighted by Crippen LogP contribution is 2.45. The highest BCUT2D eigenvalue weighted by atomic mass is 32.2. The fraction of sp³-hybridized carbons (Fsp3) is 0.400. The molecule has 2 aromatic rings. The van der Waals surface area contributed by atoms with Crippen molar-refractivity contribution < 1.29 is 19.2 Å². The molecule has 1 aromatic carbocycles. The van der Waals surface area contributed by atoms with Gasteiger partial charge in [-0.15, -0.1) is 0 Å². The van der Waals surface area contributed by atoms with Crippen LogP contribution in [0.3, 0.4) is 0 Å². The number of ether oxygens (including phenoxy) is 1. The fourth-order valence-electron chi connectivity index (χ4n) is 3.17. The van der Waals surface area contributed by atoms with E-state index in [0.29, 0.717) is 13.0 Å². The van der Waals surface area contributed by atoms with Crippen molar-refractivity contribution in [2.75, 3.05) is 6.61 Å². The predicted octanol–water partition coefficient (Wildman–Crippen LogP) is 2.68. The van der Waals surface area contributed by atoms with Crippen molar-refractivity contribution in [1.29, 1.82) is 0 Å². The standard InChI is InChI=1S/C20H25N2O3S/c1-16-21(2)12-13-22(16)11-7-14-25-19(23)18(17-8-4-3-5-9-17)20(24)10-6-15-26-20/h3-6,8-9,12-13,15,18,24H,7,10-11,14H2,1-2H3/q+1. The van der Waals surface area contributed by atoms with Crippen LogP contribution in [0.25, 0.3) is 0 Å². The lowest BCUT2D eigenvalue weighted by Gasteiger charge is -2.30. The van der Waals surface area contributed by atoms with Crippen LogP contribution in [-0.2, 0) is 23.1 Å². The number of nitrogens with zero attached hydrogens (tertiary/aromatic N) is 2. The monoisotopic (exact) mass is 373 g/mol. The summed E-state index contributed by atoms with van der Waals surface area (Å²) in [6.07, 6.45) is 7.08. The Bertz CT molecular complexity index is 778. The quantitative estimate of drug-likeness (QED) is 0.461. The van der Waals surface area contributed by atoms with Crippen LogP contribution >= 0.6 is 11.8 Å². The zero-order valence-corrected chi connectivity index (χ0v) is 16.0. The SMILES string of the molecule is Cc1n(CCCOC(=O)C(c2ccccc2)C2(O)CC=CS2)cc[n+]1C. The molecule has 138 valence electrons. The average Bonchev–Trinajstić information content (AvgIpc) is 3.20. The minimum atomic E-state index is -1.18. The van der Waals surface area contributed by atoms with Crippen LogP contribution in [0.4, 0.5) is 0 Å². The third-order valence-corrected chi connectivity index (χ3v) is 5.92. The molecule has 0 radical (unpaired) electrons. The van der Waals surface area contributed by atoms with Crippen molar-refractivity contribution in [1.82, 2.24) is 4.57 Å². The van der Waals surface area contributed by atoms with Gasteiger partial charge in [0.05, 0.1) is 20.2 Å². The van der Waals surface area contributed by atoms with Gasteiger partial charge in [0.1, 0.15) is 23.2 Å². The number of rotatable bonds is 7. The lowest BCUT2D eigenvalue weighted by Crippen LogP contribution is -2.37. The van der Waals surface area contributed by atoms with Crippen LogP contribution in [0.1, 0.15) is 30.1 Å². The highest BCUT2D eigenvalue weighted by Gasteiger charge is 2.44. The van der Waals surface area contributed by atoms with Crippen molar-refractivity contribution in [3.05, 3.63) is 65.6 Å². The first-order valence-corrected chi connectivity index (χ1v) is 9.67. The van der Waals surface area contributed by atoms with Gasteiger partial charge in [0.15, 0.2) is 0 Å². The topological polar surface area (TPSA) is 55.3 Å². The maximum atomic E-state index is 12.8. The number of benzene rings is 1. The number of hydrogen-bond acceptors (Lipinski definition) is 4. The Morgan fingerprint density at radius 2 is 2.19 bits per heavy atom. The van der Waals surface area contributed by atoms with Crippen molar-refractivity contribution >= 4 is 17.7 Å². The second-order valence-electron chi connectivity index (χ2n) is 6.55. The Hall–Kier alpha value is -2.05. The first-order chi connectivity index (χ1) is 12.5. The van der Waals surface area contributed by atoms with Gasteiger partial charge in [-0.05, 0) is 11.0 Å². The van der Waals surface area contributed by atoms with Crippen LogP contribution in [0, 0.1) is 6.92 Å².